The molecule has 0 aromatic heterocycles. The van der Waals surface area contributed by atoms with Gasteiger partial charge in [0.2, 0.25) is 0 Å². The summed E-state index contributed by atoms with van der Waals surface area (Å²) in [6, 6.07) is 0. The van der Waals surface area contributed by atoms with E-state index in [9.17, 15) is 106 Å². The van der Waals surface area contributed by atoms with Crippen molar-refractivity contribution in [3.05, 3.63) is 0 Å². The molecular formula is C50H82F12N2O18S4. The molecule has 1 unspecified atom stereocenters. The fraction of sp³-hybridized carbons (Fsp3) is 0.920. The zero-order valence-electron chi connectivity index (χ0n) is 49.5. The van der Waals surface area contributed by atoms with Gasteiger partial charge in [0.25, 0.3) is 11.8 Å². The molecule has 4 aliphatic heterocycles. The van der Waals surface area contributed by atoms with Gasteiger partial charge < -0.3 is 18.9 Å². The number of Topliss-reactive ketones (excluding diaryl/α,β-unsaturated/α-hetero) is 2. The summed E-state index contributed by atoms with van der Waals surface area (Å²) in [5.41, 5.74) is 0. The van der Waals surface area contributed by atoms with E-state index in [1.54, 1.807) is 13.8 Å². The first-order chi connectivity index (χ1) is 38.9. The highest BCUT2D eigenvalue weighted by molar-refractivity contribution is 7.92. The Morgan fingerprint density at radius 2 is 0.570 bits per heavy atom. The number of nitrogens with zero attached hydrogens (tertiary/aromatic N) is 2. The predicted octanol–water partition coefficient (Wildman–Crippen LogP) is 7.37. The molecule has 0 aliphatic carbocycles. The first-order valence-corrected chi connectivity index (χ1v) is 34.5. The summed E-state index contributed by atoms with van der Waals surface area (Å²) in [6.07, 6.45) is -25.0. The molecule has 0 N–H and O–H groups in total. The minimum Gasteiger partial charge on any atom is -0.367 e. The average Bonchev–Trinajstić information content (AvgIpc) is 3.71. The molecule has 4 heterocycles. The number of ether oxygens (including phenoxy) is 4. The number of halogens is 12. The zero-order valence-corrected chi connectivity index (χ0v) is 52.7. The summed E-state index contributed by atoms with van der Waals surface area (Å²) in [4.78, 5) is 56.0. The second kappa shape index (κ2) is 34.4. The molecule has 20 nitrogen and oxygen atoms in total. The van der Waals surface area contributed by atoms with E-state index in [1.165, 1.54) is 42.2 Å². The van der Waals surface area contributed by atoms with Crippen molar-refractivity contribution < 1.29 is 134 Å². The number of hydroxylamine groups is 4. The lowest BCUT2D eigenvalue weighted by molar-refractivity contribution is -0.181. The molecule has 0 radical (unpaired) electrons. The maximum Gasteiger partial charge on any atom is 0.390 e. The van der Waals surface area contributed by atoms with Gasteiger partial charge in [0.05, 0.1) is 110 Å². The fourth-order valence-electron chi connectivity index (χ4n) is 9.36. The molecule has 0 bridgehead atoms. The van der Waals surface area contributed by atoms with Crippen molar-refractivity contribution in [1.29, 1.82) is 0 Å². The van der Waals surface area contributed by atoms with Crippen LogP contribution < -0.4 is 0 Å². The first kappa shape index (κ1) is 81.0. The van der Waals surface area contributed by atoms with E-state index in [0.29, 0.717) is 25.7 Å². The molecule has 0 saturated carbocycles. The largest absolute Gasteiger partial charge is 0.390 e. The van der Waals surface area contributed by atoms with E-state index >= 15 is 0 Å². The quantitative estimate of drug-likeness (QED) is 0.0604. The second-order valence-electron chi connectivity index (χ2n) is 22.0. The van der Waals surface area contributed by atoms with Crippen molar-refractivity contribution in [1.82, 2.24) is 10.1 Å². The zero-order chi connectivity index (χ0) is 66.8. The Kier molecular flexibility index (Phi) is 32.4. The van der Waals surface area contributed by atoms with E-state index in [2.05, 4.69) is 0 Å². The van der Waals surface area contributed by atoms with Gasteiger partial charge in [-0.1, -0.05) is 27.7 Å². The molecule has 36 heteroatoms. The molecule has 0 aromatic carbocycles. The van der Waals surface area contributed by atoms with Crippen LogP contribution in [0.5, 0.6) is 0 Å². The van der Waals surface area contributed by atoms with Gasteiger partial charge in [-0.25, -0.2) is 43.8 Å². The highest BCUT2D eigenvalue weighted by Crippen LogP contribution is 2.34. The van der Waals surface area contributed by atoms with E-state index in [1.807, 2.05) is 13.8 Å². The lowest BCUT2D eigenvalue weighted by Crippen LogP contribution is -2.38. The number of ketones is 2. The Morgan fingerprint density at radius 1 is 0.384 bits per heavy atom. The summed E-state index contributed by atoms with van der Waals surface area (Å²) in [6.45, 7) is 10.1. The highest BCUT2D eigenvalue weighted by atomic mass is 32.2. The van der Waals surface area contributed by atoms with Gasteiger partial charge in [-0.3, -0.25) is 28.9 Å². The van der Waals surface area contributed by atoms with Crippen LogP contribution in [0.1, 0.15) is 119 Å². The van der Waals surface area contributed by atoms with Gasteiger partial charge in [-0.05, 0) is 88.9 Å². The van der Waals surface area contributed by atoms with Crippen molar-refractivity contribution >= 4 is 62.7 Å². The monoisotopic (exact) mass is 1350 g/mol. The average molecular weight is 1360 g/mol. The van der Waals surface area contributed by atoms with E-state index in [4.69, 9.17) is 28.6 Å². The summed E-state index contributed by atoms with van der Waals surface area (Å²) in [7, 11) is -9.53. The normalized spacial score (nSPS) is 26.6. The van der Waals surface area contributed by atoms with Gasteiger partial charge in [0.1, 0.15) is 24.4 Å². The molecule has 4 aliphatic rings. The molecule has 4 rings (SSSR count). The van der Waals surface area contributed by atoms with Gasteiger partial charge in [-0.15, -0.1) is 0 Å². The maximum absolute atomic E-state index is 12.1. The van der Waals surface area contributed by atoms with Gasteiger partial charge in [0, 0.05) is 14.1 Å². The number of sulfone groups is 4. The topological polar surface area (TPSA) is 267 Å². The Hall–Kier alpha value is -3.00. The minimum atomic E-state index is -4.49. The lowest BCUT2D eigenvalue weighted by atomic mass is 9.99. The molecule has 508 valence electrons. The SMILES string of the molecule is CC(=O)[C@@H]1O[C@H](CCS(=O)(=O)CCC(F)(F)F)C[C@@H]1C.CC(=O)[C@H]1OC(CCS(=O)(=O)CCC(F)(F)F)C[C@H]1C.CON(C)C(=O)[C@@H]1O[C@H](CCS(=O)(=O)CCC(F)(F)F)C[C@@H]1C.CON(C)C(=O)[C@H]1O[C@@H](CCS(=O)(=O)CCC(F)(F)F)C[C@H]1C. The second-order valence-corrected chi connectivity index (χ2v) is 31.3. The number of amides is 2. The van der Waals surface area contributed by atoms with Crippen LogP contribution in [0.3, 0.4) is 0 Å². The fourth-order valence-corrected chi connectivity index (χ4v) is 14.8. The van der Waals surface area contributed by atoms with Crippen molar-refractivity contribution in [3.8, 4) is 0 Å². The number of hydrogen-bond acceptors (Lipinski definition) is 18. The minimum absolute atomic E-state index is 0.00961. The van der Waals surface area contributed by atoms with Crippen LogP contribution in [0.4, 0.5) is 52.7 Å². The molecule has 0 spiro atoms. The highest BCUT2D eigenvalue weighted by Gasteiger charge is 2.42. The number of alkyl halides is 12. The number of likely N-dealkylation sites (N-methyl/N-ethyl adjacent to an activating group) is 2. The van der Waals surface area contributed by atoms with Gasteiger partial charge in [0.15, 0.2) is 50.9 Å². The molecule has 2 amide bonds. The molecular weight excluding hydrogens is 1270 g/mol. The van der Waals surface area contributed by atoms with Crippen LogP contribution in [0.2, 0.25) is 0 Å². The van der Waals surface area contributed by atoms with Crippen molar-refractivity contribution in [2.75, 3.05) is 74.3 Å². The molecule has 4 saturated heterocycles. The van der Waals surface area contributed by atoms with Crippen molar-refractivity contribution in [2.24, 2.45) is 23.7 Å². The van der Waals surface area contributed by atoms with E-state index in [-0.39, 0.29) is 108 Å². The van der Waals surface area contributed by atoms with Gasteiger partial charge >= 0.3 is 24.7 Å². The van der Waals surface area contributed by atoms with Crippen LogP contribution in [0, 0.1) is 23.7 Å². The predicted molar refractivity (Wildman–Crippen MR) is 286 cm³/mol. The van der Waals surface area contributed by atoms with Crippen LogP contribution in [-0.4, -0.2) is 215 Å². The van der Waals surface area contributed by atoms with Crippen molar-refractivity contribution in [3.63, 3.8) is 0 Å². The third kappa shape index (κ3) is 33.2. The van der Waals surface area contributed by atoms with Crippen LogP contribution in [0.25, 0.3) is 0 Å². The van der Waals surface area contributed by atoms with E-state index < -0.39 is 149 Å². The Labute approximate surface area is 495 Å². The first-order valence-electron chi connectivity index (χ1n) is 27.2. The smallest absolute Gasteiger partial charge is 0.367 e. The Morgan fingerprint density at radius 3 is 0.733 bits per heavy atom. The van der Waals surface area contributed by atoms with Crippen LogP contribution >= 0.6 is 0 Å². The third-order valence-electron chi connectivity index (χ3n) is 14.2. The van der Waals surface area contributed by atoms with Gasteiger partial charge in [-0.2, -0.15) is 52.7 Å². The molecule has 86 heavy (non-hydrogen) atoms. The van der Waals surface area contributed by atoms with Crippen LogP contribution in [-0.2, 0) is 87.1 Å². The molecule has 4 fully saturated rings. The summed E-state index contributed by atoms with van der Waals surface area (Å²) >= 11 is 0. The van der Waals surface area contributed by atoms with E-state index in [0.717, 1.165) is 10.1 Å². The number of carbonyl (C=O) groups excluding carboxylic acids is 4. The Bertz CT molecular complexity index is 2430. The van der Waals surface area contributed by atoms with Crippen molar-refractivity contribution in [2.45, 2.75) is 192 Å². The summed E-state index contributed by atoms with van der Waals surface area (Å²) < 4.78 is 259. The Balaban J connectivity index is 0.000000575. The number of hydrogen-bond donors (Lipinski definition) is 0. The maximum atomic E-state index is 12.1. The number of rotatable bonds is 26. The summed E-state index contributed by atoms with van der Waals surface area (Å²) in [5.74, 6) is -6.29. The molecule has 12 atom stereocenters. The standard InChI is InChI=1S/2C13H22F3NO5S.2C12H19F3O4S/c2*1-9-8-10(22-11(9)12(18)17(2)21-3)4-6-23(19,20)7-5-13(14,15)16;2*1-8-7-10(19-11(8)9(2)16)3-5-20(17,18)6-4-12(13,14)15/h2*9-11H,4-8H2,1-3H3;2*8,10-11H,3-7H2,1-2H3/t2*9-,10+,11+;8-,10?,11+;8-,10+,11+/m1010/s1. The lowest BCUT2D eigenvalue weighted by Gasteiger charge is -2.20. The summed E-state index contributed by atoms with van der Waals surface area (Å²) in [5, 5.41) is 2.06. The van der Waals surface area contributed by atoms with Crippen LogP contribution in [0.15, 0.2) is 0 Å². The molecule has 0 aromatic rings. The third-order valence-corrected chi connectivity index (χ3v) is 20.9. The number of carbonyl (C=O) groups is 4.